The predicted molar refractivity (Wildman–Crippen MR) is 93.9 cm³/mol. The fourth-order valence-electron chi connectivity index (χ4n) is 2.83. The number of nitrogens with zero attached hydrogens (tertiary/aromatic N) is 2. The van der Waals surface area contributed by atoms with Crippen LogP contribution in [0, 0.1) is 5.41 Å². The molecule has 0 N–H and O–H groups in total. The smallest absolute Gasteiger partial charge is 0.228 e. The largest absolute Gasteiger partial charge is 0.497 e. The summed E-state index contributed by atoms with van der Waals surface area (Å²) in [6, 6.07) is 7.81. The lowest BCUT2D eigenvalue weighted by molar-refractivity contribution is -0.144. The molecule has 0 bridgehead atoms. The number of ether oxygens (including phenoxy) is 1. The van der Waals surface area contributed by atoms with Crippen molar-refractivity contribution in [1.82, 2.24) is 9.80 Å². The fourth-order valence-corrected chi connectivity index (χ4v) is 2.83. The maximum absolute atomic E-state index is 12.4. The van der Waals surface area contributed by atoms with Crippen LogP contribution in [0.2, 0.25) is 0 Å². The van der Waals surface area contributed by atoms with Crippen LogP contribution in [0.15, 0.2) is 24.3 Å². The minimum atomic E-state index is -0.361. The van der Waals surface area contributed by atoms with E-state index in [2.05, 4.69) is 0 Å². The molecule has 132 valence electrons. The van der Waals surface area contributed by atoms with Gasteiger partial charge in [-0.05, 0) is 24.1 Å². The number of hydrogen-bond donors (Lipinski definition) is 0. The van der Waals surface area contributed by atoms with Gasteiger partial charge in [0.1, 0.15) is 5.75 Å². The molecular weight excluding hydrogens is 304 g/mol. The van der Waals surface area contributed by atoms with Crippen molar-refractivity contribution < 1.29 is 14.3 Å². The van der Waals surface area contributed by atoms with Gasteiger partial charge in [0.15, 0.2) is 0 Å². The standard InChI is InChI=1S/C19H28N2O3/c1-19(2,3)18(23)21-13-11-20(12-14-21)17(22)10-7-15-5-8-16(24-4)9-6-15/h5-6,8-9H,7,10-14H2,1-4H3. The number of hydrogen-bond acceptors (Lipinski definition) is 3. The van der Waals surface area contributed by atoms with Gasteiger partial charge in [0, 0.05) is 38.0 Å². The molecule has 1 aromatic carbocycles. The lowest BCUT2D eigenvalue weighted by Crippen LogP contribution is -2.53. The van der Waals surface area contributed by atoms with Gasteiger partial charge in [-0.25, -0.2) is 0 Å². The third kappa shape index (κ3) is 4.73. The Kier molecular flexibility index (Phi) is 5.86. The number of aryl methyl sites for hydroxylation is 1. The molecule has 0 unspecified atom stereocenters. The minimum Gasteiger partial charge on any atom is -0.497 e. The van der Waals surface area contributed by atoms with Gasteiger partial charge < -0.3 is 14.5 Å². The zero-order chi connectivity index (χ0) is 17.7. The Bertz CT molecular complexity index is 567. The molecule has 0 aromatic heterocycles. The molecule has 1 fully saturated rings. The summed E-state index contributed by atoms with van der Waals surface area (Å²) >= 11 is 0. The van der Waals surface area contributed by atoms with E-state index in [0.717, 1.165) is 17.7 Å². The van der Waals surface area contributed by atoms with Gasteiger partial charge in [0.2, 0.25) is 11.8 Å². The van der Waals surface area contributed by atoms with Crippen molar-refractivity contribution in [1.29, 1.82) is 0 Å². The number of piperazine rings is 1. The third-order valence-corrected chi connectivity index (χ3v) is 4.35. The fraction of sp³-hybridized carbons (Fsp3) is 0.579. The van der Waals surface area contributed by atoms with E-state index in [1.54, 1.807) is 7.11 Å². The summed E-state index contributed by atoms with van der Waals surface area (Å²) in [6.07, 6.45) is 1.23. The highest BCUT2D eigenvalue weighted by molar-refractivity contribution is 5.82. The summed E-state index contributed by atoms with van der Waals surface area (Å²) in [5.74, 6) is 1.14. The van der Waals surface area contributed by atoms with Crippen LogP contribution in [0.3, 0.4) is 0 Å². The second-order valence-corrected chi connectivity index (χ2v) is 7.27. The SMILES string of the molecule is COc1ccc(CCC(=O)N2CCN(C(=O)C(C)(C)C)CC2)cc1. The maximum atomic E-state index is 12.4. The van der Waals surface area contributed by atoms with Crippen LogP contribution in [-0.4, -0.2) is 54.9 Å². The molecule has 24 heavy (non-hydrogen) atoms. The Balaban J connectivity index is 1.79. The van der Waals surface area contributed by atoms with Crippen molar-refractivity contribution in [3.63, 3.8) is 0 Å². The van der Waals surface area contributed by atoms with Gasteiger partial charge in [-0.1, -0.05) is 32.9 Å². The van der Waals surface area contributed by atoms with E-state index in [0.29, 0.717) is 32.6 Å². The van der Waals surface area contributed by atoms with Gasteiger partial charge in [-0.2, -0.15) is 0 Å². The Morgan fingerprint density at radius 3 is 2.04 bits per heavy atom. The highest BCUT2D eigenvalue weighted by atomic mass is 16.5. The second-order valence-electron chi connectivity index (χ2n) is 7.27. The number of carbonyl (C=O) groups is 2. The number of methoxy groups -OCH3 is 1. The van der Waals surface area contributed by atoms with Crippen LogP contribution in [0.25, 0.3) is 0 Å². The molecule has 1 aliphatic rings. The number of carbonyl (C=O) groups excluding carboxylic acids is 2. The number of benzene rings is 1. The van der Waals surface area contributed by atoms with E-state index in [1.165, 1.54) is 0 Å². The van der Waals surface area contributed by atoms with Gasteiger partial charge >= 0.3 is 0 Å². The predicted octanol–water partition coefficient (Wildman–Crippen LogP) is 2.34. The van der Waals surface area contributed by atoms with Crippen molar-refractivity contribution in [2.24, 2.45) is 5.41 Å². The van der Waals surface area contributed by atoms with Crippen LogP contribution < -0.4 is 4.74 Å². The Hall–Kier alpha value is -2.04. The van der Waals surface area contributed by atoms with E-state index in [-0.39, 0.29) is 17.2 Å². The molecule has 5 nitrogen and oxygen atoms in total. The summed E-state index contributed by atoms with van der Waals surface area (Å²) in [6.45, 7) is 8.31. The first-order valence-corrected chi connectivity index (χ1v) is 8.51. The van der Waals surface area contributed by atoms with Crippen molar-refractivity contribution in [3.05, 3.63) is 29.8 Å². The molecule has 0 radical (unpaired) electrons. The zero-order valence-electron chi connectivity index (χ0n) is 15.2. The molecule has 0 saturated carbocycles. The van der Waals surface area contributed by atoms with Crippen LogP contribution in [0.4, 0.5) is 0 Å². The summed E-state index contributed by atoms with van der Waals surface area (Å²) in [5, 5.41) is 0. The minimum absolute atomic E-state index is 0.160. The number of amides is 2. The van der Waals surface area contributed by atoms with E-state index in [1.807, 2.05) is 54.8 Å². The summed E-state index contributed by atoms with van der Waals surface area (Å²) in [4.78, 5) is 28.4. The van der Waals surface area contributed by atoms with E-state index < -0.39 is 0 Å². The molecule has 1 aliphatic heterocycles. The first-order chi connectivity index (χ1) is 11.3. The molecule has 2 amide bonds. The zero-order valence-corrected chi connectivity index (χ0v) is 15.2. The van der Waals surface area contributed by atoms with Gasteiger partial charge in [0.05, 0.1) is 7.11 Å². The average molecular weight is 332 g/mol. The molecule has 1 saturated heterocycles. The van der Waals surface area contributed by atoms with Gasteiger partial charge in [0.25, 0.3) is 0 Å². The summed E-state index contributed by atoms with van der Waals surface area (Å²) < 4.78 is 5.14. The molecular formula is C19H28N2O3. The van der Waals surface area contributed by atoms with Crippen LogP contribution in [0.5, 0.6) is 5.75 Å². The Morgan fingerprint density at radius 2 is 1.54 bits per heavy atom. The molecule has 1 heterocycles. The quantitative estimate of drug-likeness (QED) is 0.850. The average Bonchev–Trinajstić information content (AvgIpc) is 2.58. The van der Waals surface area contributed by atoms with Gasteiger partial charge in [-0.15, -0.1) is 0 Å². The Morgan fingerprint density at radius 1 is 1.00 bits per heavy atom. The molecule has 2 rings (SSSR count). The van der Waals surface area contributed by atoms with E-state index >= 15 is 0 Å². The van der Waals surface area contributed by atoms with Crippen molar-refractivity contribution >= 4 is 11.8 Å². The van der Waals surface area contributed by atoms with Gasteiger partial charge in [-0.3, -0.25) is 9.59 Å². The second kappa shape index (κ2) is 7.69. The maximum Gasteiger partial charge on any atom is 0.228 e. The molecule has 0 aliphatic carbocycles. The van der Waals surface area contributed by atoms with Crippen molar-refractivity contribution in [2.75, 3.05) is 33.3 Å². The highest BCUT2D eigenvalue weighted by Crippen LogP contribution is 2.19. The van der Waals surface area contributed by atoms with Crippen LogP contribution in [-0.2, 0) is 16.0 Å². The first-order valence-electron chi connectivity index (χ1n) is 8.51. The van der Waals surface area contributed by atoms with Crippen LogP contribution in [0.1, 0.15) is 32.8 Å². The highest BCUT2D eigenvalue weighted by Gasteiger charge is 2.30. The van der Waals surface area contributed by atoms with E-state index in [9.17, 15) is 9.59 Å². The molecule has 5 heteroatoms. The topological polar surface area (TPSA) is 49.9 Å². The van der Waals surface area contributed by atoms with E-state index in [4.69, 9.17) is 4.74 Å². The molecule has 1 aromatic rings. The third-order valence-electron chi connectivity index (χ3n) is 4.35. The summed E-state index contributed by atoms with van der Waals surface area (Å²) in [7, 11) is 1.64. The lowest BCUT2D eigenvalue weighted by atomic mass is 9.94. The molecule has 0 spiro atoms. The van der Waals surface area contributed by atoms with Crippen molar-refractivity contribution in [2.45, 2.75) is 33.6 Å². The lowest BCUT2D eigenvalue weighted by Gasteiger charge is -2.37. The van der Waals surface area contributed by atoms with Crippen LogP contribution >= 0.6 is 0 Å². The summed E-state index contributed by atoms with van der Waals surface area (Å²) in [5.41, 5.74) is 0.770. The monoisotopic (exact) mass is 332 g/mol. The Labute approximate surface area is 144 Å². The number of rotatable bonds is 4. The normalized spacial score (nSPS) is 15.3. The van der Waals surface area contributed by atoms with Crippen molar-refractivity contribution in [3.8, 4) is 5.75 Å². The first kappa shape index (κ1) is 18.3. The molecule has 0 atom stereocenters.